The molecule has 2 N–H and O–H groups in total. The van der Waals surface area contributed by atoms with Crippen molar-refractivity contribution in [3.8, 4) is 0 Å². The average Bonchev–Trinajstić information content (AvgIpc) is 2.86. The zero-order valence-electron chi connectivity index (χ0n) is 12.9. The van der Waals surface area contributed by atoms with Gasteiger partial charge in [0.15, 0.2) is 0 Å². The van der Waals surface area contributed by atoms with Crippen LogP contribution in [0.15, 0.2) is 24.5 Å². The number of carboxylic acid groups (broad SMARTS) is 1. The maximum absolute atomic E-state index is 12.5. The van der Waals surface area contributed by atoms with Gasteiger partial charge < -0.3 is 15.0 Å². The van der Waals surface area contributed by atoms with Gasteiger partial charge in [-0.1, -0.05) is 13.8 Å². The predicted octanol–water partition coefficient (Wildman–Crippen LogP) is 2.06. The third kappa shape index (κ3) is 4.07. The van der Waals surface area contributed by atoms with E-state index < -0.39 is 5.97 Å². The molecule has 2 aromatic heterocycles. The first-order chi connectivity index (χ1) is 10.5. The normalized spacial score (nSPS) is 11.0. The smallest absolute Gasteiger partial charge is 0.305 e. The van der Waals surface area contributed by atoms with Crippen LogP contribution in [0.5, 0.6) is 0 Å². The number of hydrogen-bond donors (Lipinski definition) is 2. The standard InChI is InChI=1S/C16H21N3O3/c1-11(2)10-19(7-5-15(21)22)14(20)8-12-9-18-16-13(12)4-3-6-17-16/h3-4,6,9,11H,5,7-8,10H2,1-2H3,(H,17,18)(H,21,22). The number of nitrogens with zero attached hydrogens (tertiary/aromatic N) is 2. The summed E-state index contributed by atoms with van der Waals surface area (Å²) < 4.78 is 0. The summed E-state index contributed by atoms with van der Waals surface area (Å²) in [4.78, 5) is 32.1. The van der Waals surface area contributed by atoms with E-state index in [0.717, 1.165) is 16.6 Å². The van der Waals surface area contributed by atoms with E-state index in [1.54, 1.807) is 17.3 Å². The van der Waals surface area contributed by atoms with Gasteiger partial charge in [0.25, 0.3) is 0 Å². The largest absolute Gasteiger partial charge is 0.481 e. The Bertz CT molecular complexity index is 663. The number of hydrogen-bond acceptors (Lipinski definition) is 3. The molecule has 2 heterocycles. The number of carbonyl (C=O) groups is 2. The molecule has 6 heteroatoms. The number of rotatable bonds is 7. The molecule has 0 saturated carbocycles. The number of nitrogens with one attached hydrogen (secondary N) is 1. The van der Waals surface area contributed by atoms with Crippen LogP contribution < -0.4 is 0 Å². The number of amides is 1. The minimum Gasteiger partial charge on any atom is -0.481 e. The van der Waals surface area contributed by atoms with Crippen LogP contribution in [0.1, 0.15) is 25.8 Å². The lowest BCUT2D eigenvalue weighted by atomic mass is 10.1. The van der Waals surface area contributed by atoms with E-state index in [4.69, 9.17) is 5.11 Å². The minimum absolute atomic E-state index is 0.0338. The lowest BCUT2D eigenvalue weighted by Crippen LogP contribution is -2.36. The van der Waals surface area contributed by atoms with E-state index >= 15 is 0 Å². The van der Waals surface area contributed by atoms with E-state index in [0.29, 0.717) is 12.5 Å². The summed E-state index contributed by atoms with van der Waals surface area (Å²) in [5, 5.41) is 9.75. The number of aliphatic carboxylic acids is 1. The predicted molar refractivity (Wildman–Crippen MR) is 83.5 cm³/mol. The SMILES string of the molecule is CC(C)CN(CCC(=O)O)C(=O)Cc1c[nH]c2ncccc12. The Morgan fingerprint density at radius 1 is 1.41 bits per heavy atom. The first-order valence-electron chi connectivity index (χ1n) is 7.38. The highest BCUT2D eigenvalue weighted by atomic mass is 16.4. The van der Waals surface area contributed by atoms with E-state index in [1.165, 1.54) is 0 Å². The lowest BCUT2D eigenvalue weighted by Gasteiger charge is -2.24. The zero-order chi connectivity index (χ0) is 16.1. The maximum atomic E-state index is 12.5. The van der Waals surface area contributed by atoms with Crippen molar-refractivity contribution in [3.63, 3.8) is 0 Å². The quantitative estimate of drug-likeness (QED) is 0.819. The van der Waals surface area contributed by atoms with Gasteiger partial charge in [-0.15, -0.1) is 0 Å². The fourth-order valence-corrected chi connectivity index (χ4v) is 2.42. The molecule has 0 aliphatic heterocycles. The number of H-pyrrole nitrogens is 1. The van der Waals surface area contributed by atoms with Crippen LogP contribution in [0.25, 0.3) is 11.0 Å². The second-order valence-corrected chi connectivity index (χ2v) is 5.77. The molecular formula is C16H21N3O3. The Hall–Kier alpha value is -2.37. The van der Waals surface area contributed by atoms with Crippen molar-refractivity contribution in [1.29, 1.82) is 0 Å². The average molecular weight is 303 g/mol. The van der Waals surface area contributed by atoms with Crippen LogP contribution >= 0.6 is 0 Å². The van der Waals surface area contributed by atoms with Crippen LogP contribution in [0, 0.1) is 5.92 Å². The van der Waals surface area contributed by atoms with E-state index in [1.807, 2.05) is 26.0 Å². The topological polar surface area (TPSA) is 86.3 Å². The second kappa shape index (κ2) is 7.06. The van der Waals surface area contributed by atoms with Crippen LogP contribution in [0.3, 0.4) is 0 Å². The molecular weight excluding hydrogens is 282 g/mol. The molecule has 118 valence electrons. The molecule has 22 heavy (non-hydrogen) atoms. The highest BCUT2D eigenvalue weighted by Gasteiger charge is 2.18. The molecule has 0 bridgehead atoms. The number of aromatic amines is 1. The van der Waals surface area contributed by atoms with Gasteiger partial charge in [0.05, 0.1) is 12.8 Å². The summed E-state index contributed by atoms with van der Waals surface area (Å²) in [6, 6.07) is 3.76. The highest BCUT2D eigenvalue weighted by molar-refractivity contribution is 5.87. The molecule has 0 fully saturated rings. The number of carbonyl (C=O) groups excluding carboxylic acids is 1. The maximum Gasteiger partial charge on any atom is 0.305 e. The molecule has 0 aromatic carbocycles. The molecule has 0 unspecified atom stereocenters. The Morgan fingerprint density at radius 2 is 2.18 bits per heavy atom. The molecule has 0 radical (unpaired) electrons. The third-order valence-electron chi connectivity index (χ3n) is 3.41. The first kappa shape index (κ1) is 16.0. The summed E-state index contributed by atoms with van der Waals surface area (Å²) in [6.45, 7) is 4.83. The summed E-state index contributed by atoms with van der Waals surface area (Å²) in [5.74, 6) is -0.653. The number of carboxylic acids is 1. The summed E-state index contributed by atoms with van der Waals surface area (Å²) in [6.07, 6.45) is 3.70. The van der Waals surface area contributed by atoms with E-state index in [-0.39, 0.29) is 25.3 Å². The van der Waals surface area contributed by atoms with Crippen molar-refractivity contribution >= 4 is 22.9 Å². The van der Waals surface area contributed by atoms with Gasteiger partial charge in [-0.05, 0) is 23.6 Å². The van der Waals surface area contributed by atoms with Crippen LogP contribution in [0.2, 0.25) is 0 Å². The van der Waals surface area contributed by atoms with Gasteiger partial charge >= 0.3 is 5.97 Å². The molecule has 0 spiro atoms. The first-order valence-corrected chi connectivity index (χ1v) is 7.38. The van der Waals surface area contributed by atoms with Gasteiger partial charge in [0.1, 0.15) is 5.65 Å². The van der Waals surface area contributed by atoms with Crippen molar-refractivity contribution in [2.75, 3.05) is 13.1 Å². The number of aromatic nitrogens is 2. The lowest BCUT2D eigenvalue weighted by molar-refractivity contribution is -0.138. The molecule has 2 aromatic rings. The third-order valence-corrected chi connectivity index (χ3v) is 3.41. The van der Waals surface area contributed by atoms with Gasteiger partial charge in [-0.3, -0.25) is 9.59 Å². The zero-order valence-corrected chi connectivity index (χ0v) is 12.9. The summed E-state index contributed by atoms with van der Waals surface area (Å²) >= 11 is 0. The van der Waals surface area contributed by atoms with Gasteiger partial charge in [0.2, 0.25) is 5.91 Å². The van der Waals surface area contributed by atoms with E-state index in [9.17, 15) is 9.59 Å². The number of pyridine rings is 1. The van der Waals surface area contributed by atoms with Gasteiger partial charge in [-0.25, -0.2) is 4.98 Å². The Morgan fingerprint density at radius 3 is 2.86 bits per heavy atom. The minimum atomic E-state index is -0.891. The molecule has 2 rings (SSSR count). The second-order valence-electron chi connectivity index (χ2n) is 5.77. The Labute approximate surface area is 129 Å². The molecule has 1 amide bonds. The highest BCUT2D eigenvalue weighted by Crippen LogP contribution is 2.17. The van der Waals surface area contributed by atoms with E-state index in [2.05, 4.69) is 9.97 Å². The van der Waals surface area contributed by atoms with Crippen molar-refractivity contribution in [2.45, 2.75) is 26.7 Å². The summed E-state index contributed by atoms with van der Waals surface area (Å²) in [7, 11) is 0. The van der Waals surface area contributed by atoms with Crippen LogP contribution in [-0.2, 0) is 16.0 Å². The van der Waals surface area contributed by atoms with Crippen LogP contribution in [-0.4, -0.2) is 44.9 Å². The van der Waals surface area contributed by atoms with Gasteiger partial charge in [0, 0.05) is 30.9 Å². The fraction of sp³-hybridized carbons (Fsp3) is 0.438. The molecule has 0 aliphatic rings. The molecule has 6 nitrogen and oxygen atoms in total. The Kier molecular flexibility index (Phi) is 5.14. The van der Waals surface area contributed by atoms with Crippen molar-refractivity contribution in [1.82, 2.24) is 14.9 Å². The van der Waals surface area contributed by atoms with Gasteiger partial charge in [-0.2, -0.15) is 0 Å². The van der Waals surface area contributed by atoms with Crippen LogP contribution in [0.4, 0.5) is 0 Å². The molecule has 0 atom stereocenters. The fourth-order valence-electron chi connectivity index (χ4n) is 2.42. The monoisotopic (exact) mass is 303 g/mol. The molecule has 0 aliphatic carbocycles. The Balaban J connectivity index is 2.10. The summed E-state index contributed by atoms with van der Waals surface area (Å²) in [5.41, 5.74) is 1.64. The van der Waals surface area contributed by atoms with Crippen molar-refractivity contribution < 1.29 is 14.7 Å². The number of fused-ring (bicyclic) bond motifs is 1. The van der Waals surface area contributed by atoms with Crippen molar-refractivity contribution in [2.24, 2.45) is 5.92 Å². The molecule has 0 saturated heterocycles. The van der Waals surface area contributed by atoms with Crippen molar-refractivity contribution in [3.05, 3.63) is 30.1 Å².